The molecule has 3 aromatic rings. The molecule has 0 saturated heterocycles. The third-order valence-corrected chi connectivity index (χ3v) is 3.80. The number of hydrogen-bond acceptors (Lipinski definition) is 5. The van der Waals surface area contributed by atoms with Crippen LogP contribution < -0.4 is 5.32 Å². The predicted octanol–water partition coefficient (Wildman–Crippen LogP) is 2.62. The fraction of sp³-hybridized carbons (Fsp3) is 0.133. The summed E-state index contributed by atoms with van der Waals surface area (Å²) >= 11 is 5.97. The van der Waals surface area contributed by atoms with Crippen LogP contribution in [0.25, 0.3) is 0 Å². The number of nitrogens with zero attached hydrogens (tertiary/aromatic N) is 5. The van der Waals surface area contributed by atoms with Crippen LogP contribution in [0, 0.1) is 15.9 Å². The number of aryl methyl sites for hydroxylation is 1. The molecule has 1 aromatic carbocycles. The van der Waals surface area contributed by atoms with Crippen LogP contribution in [0.3, 0.4) is 0 Å². The van der Waals surface area contributed by atoms with E-state index in [4.69, 9.17) is 11.6 Å². The van der Waals surface area contributed by atoms with Gasteiger partial charge in [0, 0.05) is 24.3 Å². The number of aromatic nitrogens is 4. The molecule has 0 aliphatic carbocycles. The lowest BCUT2D eigenvalue weighted by molar-refractivity contribution is -0.385. The molecule has 0 unspecified atom stereocenters. The van der Waals surface area contributed by atoms with Gasteiger partial charge in [0.05, 0.1) is 11.5 Å². The monoisotopic (exact) mass is 378 g/mol. The van der Waals surface area contributed by atoms with Gasteiger partial charge in [-0.3, -0.25) is 24.3 Å². The Hall–Kier alpha value is -3.27. The van der Waals surface area contributed by atoms with Crippen LogP contribution in [0.15, 0.2) is 36.7 Å². The summed E-state index contributed by atoms with van der Waals surface area (Å²) in [5.41, 5.74) is -0.0643. The molecule has 0 atom stereocenters. The van der Waals surface area contributed by atoms with Crippen molar-refractivity contribution >= 4 is 29.0 Å². The Kier molecular flexibility index (Phi) is 4.67. The molecule has 2 heterocycles. The van der Waals surface area contributed by atoms with Gasteiger partial charge in [-0.25, -0.2) is 4.39 Å². The smallest absolute Gasteiger partial charge is 0.303 e. The number of rotatable bonds is 5. The van der Waals surface area contributed by atoms with E-state index >= 15 is 0 Å². The second-order valence-corrected chi connectivity index (χ2v) is 5.79. The zero-order chi connectivity index (χ0) is 18.8. The van der Waals surface area contributed by atoms with Gasteiger partial charge in [0.2, 0.25) is 5.69 Å². The molecule has 0 bridgehead atoms. The van der Waals surface area contributed by atoms with Crippen molar-refractivity contribution in [3.8, 4) is 0 Å². The van der Waals surface area contributed by atoms with Crippen molar-refractivity contribution in [2.24, 2.45) is 7.05 Å². The highest BCUT2D eigenvalue weighted by molar-refractivity contribution is 6.31. The summed E-state index contributed by atoms with van der Waals surface area (Å²) in [4.78, 5) is 22.5. The largest absolute Gasteiger partial charge is 0.320 e. The van der Waals surface area contributed by atoms with Crippen LogP contribution in [0.1, 0.15) is 16.1 Å². The Balaban J connectivity index is 1.74. The summed E-state index contributed by atoms with van der Waals surface area (Å²) in [6.07, 6.45) is 2.73. The molecule has 0 aliphatic heterocycles. The quantitative estimate of drug-likeness (QED) is 0.542. The Bertz CT molecular complexity index is 999. The van der Waals surface area contributed by atoms with Crippen molar-refractivity contribution in [3.05, 3.63) is 68.9 Å². The lowest BCUT2D eigenvalue weighted by Crippen LogP contribution is -2.15. The first-order valence-electron chi connectivity index (χ1n) is 7.30. The van der Waals surface area contributed by atoms with Crippen LogP contribution in [-0.2, 0) is 13.6 Å². The average molecular weight is 379 g/mol. The molecular formula is C15H12ClFN6O3. The van der Waals surface area contributed by atoms with E-state index in [1.807, 2.05) is 0 Å². The second kappa shape index (κ2) is 6.92. The number of carbonyl (C=O) groups excluding carboxylic acids is 1. The van der Waals surface area contributed by atoms with Gasteiger partial charge in [0.25, 0.3) is 5.91 Å². The van der Waals surface area contributed by atoms with Crippen LogP contribution in [-0.4, -0.2) is 30.4 Å². The average Bonchev–Trinajstić information content (AvgIpc) is 3.16. The Morgan fingerprint density at radius 1 is 1.38 bits per heavy atom. The van der Waals surface area contributed by atoms with Gasteiger partial charge >= 0.3 is 5.69 Å². The van der Waals surface area contributed by atoms with Gasteiger partial charge < -0.3 is 5.32 Å². The Morgan fingerprint density at radius 2 is 2.15 bits per heavy atom. The SMILES string of the molecule is Cn1cc([N+](=O)[O-])c(C(=O)Nc2ccn(Cc3ccc(F)cc3Cl)n2)n1. The van der Waals surface area contributed by atoms with E-state index in [9.17, 15) is 19.3 Å². The minimum atomic E-state index is -0.748. The first-order chi connectivity index (χ1) is 12.3. The van der Waals surface area contributed by atoms with Crippen molar-refractivity contribution in [2.45, 2.75) is 6.54 Å². The number of amides is 1. The van der Waals surface area contributed by atoms with E-state index in [1.165, 1.54) is 40.7 Å². The Labute approximate surface area is 151 Å². The minimum absolute atomic E-state index is 0.188. The van der Waals surface area contributed by atoms with Crippen LogP contribution >= 0.6 is 11.6 Å². The maximum absolute atomic E-state index is 13.1. The topological polar surface area (TPSA) is 108 Å². The fourth-order valence-electron chi connectivity index (χ4n) is 2.29. The number of anilines is 1. The standard InChI is InChI=1S/C15H12ClFN6O3/c1-21-8-12(23(25)26)14(20-21)15(24)18-13-4-5-22(19-13)7-9-2-3-10(17)6-11(9)16/h2-6,8H,7H2,1H3,(H,18,19,24). The number of carbonyl (C=O) groups is 1. The maximum Gasteiger partial charge on any atom is 0.320 e. The number of hydrogen-bond donors (Lipinski definition) is 1. The third-order valence-electron chi connectivity index (χ3n) is 3.45. The molecule has 1 amide bonds. The molecule has 0 fully saturated rings. The number of nitrogens with one attached hydrogen (secondary N) is 1. The first-order valence-corrected chi connectivity index (χ1v) is 7.68. The van der Waals surface area contributed by atoms with Crippen molar-refractivity contribution in [3.63, 3.8) is 0 Å². The number of benzene rings is 1. The van der Waals surface area contributed by atoms with Gasteiger partial charge in [-0.1, -0.05) is 17.7 Å². The molecule has 3 rings (SSSR count). The van der Waals surface area contributed by atoms with Crippen LogP contribution in [0.5, 0.6) is 0 Å². The first kappa shape index (κ1) is 17.5. The van der Waals surface area contributed by atoms with E-state index in [0.29, 0.717) is 5.56 Å². The maximum atomic E-state index is 13.1. The zero-order valence-corrected chi connectivity index (χ0v) is 14.1. The van der Waals surface area contributed by atoms with Crippen LogP contribution in [0.4, 0.5) is 15.9 Å². The van der Waals surface area contributed by atoms with Crippen molar-refractivity contribution < 1.29 is 14.1 Å². The lowest BCUT2D eigenvalue weighted by atomic mass is 10.2. The fourth-order valence-corrected chi connectivity index (χ4v) is 2.51. The molecule has 1 N–H and O–H groups in total. The van der Waals surface area contributed by atoms with Gasteiger partial charge in [0.1, 0.15) is 12.0 Å². The molecular weight excluding hydrogens is 367 g/mol. The Morgan fingerprint density at radius 3 is 2.85 bits per heavy atom. The van der Waals surface area contributed by atoms with Gasteiger partial charge in [-0.05, 0) is 17.7 Å². The normalized spacial score (nSPS) is 10.7. The molecule has 26 heavy (non-hydrogen) atoms. The molecule has 2 aromatic heterocycles. The summed E-state index contributed by atoms with van der Waals surface area (Å²) in [6, 6.07) is 5.54. The summed E-state index contributed by atoms with van der Waals surface area (Å²) in [6.45, 7) is 0.263. The molecule has 0 spiro atoms. The second-order valence-electron chi connectivity index (χ2n) is 5.38. The third kappa shape index (κ3) is 3.70. The van der Waals surface area contributed by atoms with Gasteiger partial charge in [0.15, 0.2) is 5.82 Å². The van der Waals surface area contributed by atoms with E-state index in [-0.39, 0.29) is 23.1 Å². The van der Waals surface area contributed by atoms with Crippen LogP contribution in [0.2, 0.25) is 5.02 Å². The molecule has 9 nitrogen and oxygen atoms in total. The highest BCUT2D eigenvalue weighted by Gasteiger charge is 2.25. The molecule has 0 aliphatic rings. The van der Waals surface area contributed by atoms with Crippen molar-refractivity contribution in [1.29, 1.82) is 0 Å². The van der Waals surface area contributed by atoms with Gasteiger partial charge in [-0.15, -0.1) is 0 Å². The van der Waals surface area contributed by atoms with E-state index in [2.05, 4.69) is 15.5 Å². The van der Waals surface area contributed by atoms with Gasteiger partial charge in [-0.2, -0.15) is 10.2 Å². The molecule has 134 valence electrons. The van der Waals surface area contributed by atoms with E-state index in [0.717, 1.165) is 6.20 Å². The molecule has 11 heteroatoms. The van der Waals surface area contributed by atoms with E-state index in [1.54, 1.807) is 6.20 Å². The van der Waals surface area contributed by atoms with E-state index < -0.39 is 22.3 Å². The summed E-state index contributed by atoms with van der Waals surface area (Å²) < 4.78 is 15.7. The summed E-state index contributed by atoms with van der Waals surface area (Å²) in [7, 11) is 1.48. The minimum Gasteiger partial charge on any atom is -0.303 e. The lowest BCUT2D eigenvalue weighted by Gasteiger charge is -2.05. The summed E-state index contributed by atoms with van der Waals surface area (Å²) in [5.74, 6) is -1.00. The highest BCUT2D eigenvalue weighted by Crippen LogP contribution is 2.20. The van der Waals surface area contributed by atoms with Crippen molar-refractivity contribution in [2.75, 3.05) is 5.32 Å². The molecule has 0 saturated carbocycles. The van der Waals surface area contributed by atoms with Crippen molar-refractivity contribution in [1.82, 2.24) is 19.6 Å². The number of halogens is 2. The highest BCUT2D eigenvalue weighted by atomic mass is 35.5. The zero-order valence-electron chi connectivity index (χ0n) is 13.4. The predicted molar refractivity (Wildman–Crippen MR) is 90.6 cm³/mol. The summed E-state index contributed by atoms with van der Waals surface area (Å²) in [5, 5.41) is 21.6. The molecule has 0 radical (unpaired) electrons. The number of nitro groups is 1.